The first-order chi connectivity index (χ1) is 9.36. The molecule has 6 heteroatoms. The summed E-state index contributed by atoms with van der Waals surface area (Å²) in [5, 5.41) is 17.8. The molecule has 0 spiro atoms. The van der Waals surface area contributed by atoms with E-state index in [0.717, 1.165) is 0 Å². The van der Waals surface area contributed by atoms with E-state index in [2.05, 4.69) is 0 Å². The quantitative estimate of drug-likeness (QED) is 0.830. The van der Waals surface area contributed by atoms with E-state index in [1.807, 2.05) is 26.8 Å². The fourth-order valence-electron chi connectivity index (χ4n) is 2.54. The number of rotatable bonds is 5. The third-order valence-corrected chi connectivity index (χ3v) is 3.55. The van der Waals surface area contributed by atoms with Crippen molar-refractivity contribution in [1.82, 2.24) is 9.80 Å². The normalized spacial score (nSPS) is 21.9. The van der Waals surface area contributed by atoms with Gasteiger partial charge >= 0.3 is 12.0 Å². The number of carboxylic acid groups (broad SMARTS) is 1. The van der Waals surface area contributed by atoms with E-state index < -0.39 is 11.9 Å². The van der Waals surface area contributed by atoms with Crippen LogP contribution in [0.2, 0.25) is 0 Å². The molecule has 0 saturated carbocycles. The molecule has 1 heterocycles. The molecular weight excluding hydrogens is 258 g/mol. The molecule has 2 amide bonds. The summed E-state index contributed by atoms with van der Waals surface area (Å²) < 4.78 is 0. The summed E-state index contributed by atoms with van der Waals surface area (Å²) in [6, 6.07) is 1.90. The maximum Gasteiger partial charge on any atom is 0.320 e. The molecule has 0 radical (unpaired) electrons. The zero-order valence-electron chi connectivity index (χ0n) is 12.4. The molecule has 2 unspecified atom stereocenters. The lowest BCUT2D eigenvalue weighted by molar-refractivity contribution is -0.142. The summed E-state index contributed by atoms with van der Waals surface area (Å²) in [4.78, 5) is 26.8. The Balaban J connectivity index is 2.70. The third-order valence-electron chi connectivity index (χ3n) is 3.55. The molecule has 1 N–H and O–H groups in total. The van der Waals surface area contributed by atoms with Crippen molar-refractivity contribution in [2.75, 3.05) is 26.2 Å². The summed E-state index contributed by atoms with van der Waals surface area (Å²) in [5.74, 6) is -1.06. The van der Waals surface area contributed by atoms with Crippen LogP contribution in [0.25, 0.3) is 0 Å². The molecule has 2 atom stereocenters. The Morgan fingerprint density at radius 3 is 2.55 bits per heavy atom. The van der Waals surface area contributed by atoms with E-state index in [0.29, 0.717) is 32.0 Å². The van der Waals surface area contributed by atoms with Gasteiger partial charge in [-0.2, -0.15) is 5.26 Å². The Bertz CT molecular complexity index is 403. The zero-order chi connectivity index (χ0) is 15.3. The minimum Gasteiger partial charge on any atom is -0.481 e. The van der Waals surface area contributed by atoms with Gasteiger partial charge in [-0.15, -0.1) is 0 Å². The number of hydrogen-bond acceptors (Lipinski definition) is 3. The lowest BCUT2D eigenvalue weighted by atomic mass is 9.99. The van der Waals surface area contributed by atoms with Crippen molar-refractivity contribution in [3.05, 3.63) is 0 Å². The van der Waals surface area contributed by atoms with Gasteiger partial charge in [0.25, 0.3) is 0 Å². The minimum absolute atomic E-state index is 0.0340. The lowest BCUT2D eigenvalue weighted by Crippen LogP contribution is -2.44. The maximum absolute atomic E-state index is 12.5. The first kappa shape index (κ1) is 16.3. The van der Waals surface area contributed by atoms with Crippen LogP contribution in [-0.2, 0) is 4.79 Å². The molecule has 20 heavy (non-hydrogen) atoms. The van der Waals surface area contributed by atoms with Crippen molar-refractivity contribution in [3.63, 3.8) is 0 Å². The van der Waals surface area contributed by atoms with Gasteiger partial charge in [0.05, 0.1) is 18.4 Å². The number of urea groups is 1. The highest BCUT2D eigenvalue weighted by Crippen LogP contribution is 2.24. The third kappa shape index (κ3) is 4.12. The lowest BCUT2D eigenvalue weighted by Gasteiger charge is -2.28. The second-order valence-corrected chi connectivity index (χ2v) is 5.86. The minimum atomic E-state index is -0.847. The van der Waals surface area contributed by atoms with Gasteiger partial charge in [0.2, 0.25) is 0 Å². The van der Waals surface area contributed by atoms with E-state index in [4.69, 9.17) is 10.4 Å². The molecule has 0 aromatic heterocycles. The summed E-state index contributed by atoms with van der Waals surface area (Å²) in [7, 11) is 0. The summed E-state index contributed by atoms with van der Waals surface area (Å²) in [6.07, 6.45) is 0.296. The number of carbonyl (C=O) groups excluding carboxylic acids is 1. The highest BCUT2D eigenvalue weighted by Gasteiger charge is 2.38. The first-order valence-electron chi connectivity index (χ1n) is 7.00. The molecule has 1 rings (SSSR count). The highest BCUT2D eigenvalue weighted by molar-refractivity contribution is 5.77. The van der Waals surface area contributed by atoms with Crippen LogP contribution in [0.5, 0.6) is 0 Å². The van der Waals surface area contributed by atoms with E-state index in [-0.39, 0.29) is 18.5 Å². The van der Waals surface area contributed by atoms with Crippen molar-refractivity contribution in [2.24, 2.45) is 17.8 Å². The Morgan fingerprint density at radius 2 is 2.10 bits per heavy atom. The zero-order valence-corrected chi connectivity index (χ0v) is 12.4. The molecule has 0 aromatic carbocycles. The number of likely N-dealkylation sites (tertiary alicyclic amines) is 1. The van der Waals surface area contributed by atoms with Gasteiger partial charge in [-0.05, 0) is 11.8 Å². The fourth-order valence-corrected chi connectivity index (χ4v) is 2.54. The van der Waals surface area contributed by atoms with Gasteiger partial charge in [0.1, 0.15) is 0 Å². The van der Waals surface area contributed by atoms with Gasteiger partial charge < -0.3 is 14.9 Å². The summed E-state index contributed by atoms with van der Waals surface area (Å²) >= 11 is 0. The van der Waals surface area contributed by atoms with Crippen molar-refractivity contribution in [3.8, 4) is 6.07 Å². The maximum atomic E-state index is 12.5. The summed E-state index contributed by atoms with van der Waals surface area (Å²) in [5.41, 5.74) is 0. The number of nitriles is 1. The largest absolute Gasteiger partial charge is 0.481 e. The SMILES string of the molecule is CC(C)CN(CCC#N)C(=O)N1CC(C)C(C(=O)O)C1. The smallest absolute Gasteiger partial charge is 0.320 e. The molecular formula is C14H23N3O3. The van der Waals surface area contributed by atoms with Crippen LogP contribution >= 0.6 is 0 Å². The highest BCUT2D eigenvalue weighted by atomic mass is 16.4. The average Bonchev–Trinajstić information content (AvgIpc) is 2.75. The van der Waals surface area contributed by atoms with Crippen LogP contribution in [0.4, 0.5) is 4.79 Å². The number of carbonyl (C=O) groups is 2. The molecule has 1 fully saturated rings. The monoisotopic (exact) mass is 281 g/mol. The van der Waals surface area contributed by atoms with Gasteiger partial charge in [0.15, 0.2) is 0 Å². The molecule has 0 aromatic rings. The van der Waals surface area contributed by atoms with Gasteiger partial charge in [0, 0.05) is 26.2 Å². The van der Waals surface area contributed by atoms with Crippen LogP contribution in [0.15, 0.2) is 0 Å². The second-order valence-electron chi connectivity index (χ2n) is 5.86. The van der Waals surface area contributed by atoms with Crippen molar-refractivity contribution >= 4 is 12.0 Å². The average molecular weight is 281 g/mol. The van der Waals surface area contributed by atoms with Crippen LogP contribution in [0.3, 0.4) is 0 Å². The number of aliphatic carboxylic acids is 1. The Morgan fingerprint density at radius 1 is 1.45 bits per heavy atom. The van der Waals surface area contributed by atoms with Crippen molar-refractivity contribution in [2.45, 2.75) is 27.2 Å². The van der Waals surface area contributed by atoms with E-state index in [1.54, 1.807) is 9.80 Å². The molecule has 0 bridgehead atoms. The van der Waals surface area contributed by atoms with E-state index in [9.17, 15) is 9.59 Å². The Labute approximate surface area is 120 Å². The van der Waals surface area contributed by atoms with Crippen LogP contribution in [0.1, 0.15) is 27.2 Å². The number of amides is 2. The molecule has 1 aliphatic rings. The summed E-state index contributed by atoms with van der Waals surface area (Å²) in [6.45, 7) is 7.60. The van der Waals surface area contributed by atoms with Crippen LogP contribution in [-0.4, -0.2) is 53.1 Å². The van der Waals surface area contributed by atoms with Gasteiger partial charge in [-0.25, -0.2) is 4.79 Å². The van der Waals surface area contributed by atoms with Crippen molar-refractivity contribution in [1.29, 1.82) is 5.26 Å². The topological polar surface area (TPSA) is 84.6 Å². The molecule has 6 nitrogen and oxygen atoms in total. The van der Waals surface area contributed by atoms with Crippen molar-refractivity contribution < 1.29 is 14.7 Å². The van der Waals surface area contributed by atoms with E-state index in [1.165, 1.54) is 0 Å². The van der Waals surface area contributed by atoms with E-state index >= 15 is 0 Å². The first-order valence-corrected chi connectivity index (χ1v) is 7.00. The molecule has 1 saturated heterocycles. The standard InChI is InChI=1S/C14H23N3O3/c1-10(2)7-16(6-4-5-15)14(20)17-8-11(3)12(9-17)13(18)19/h10-12H,4,6-9H2,1-3H3,(H,18,19). The van der Waals surface area contributed by atoms with Crippen LogP contribution in [0, 0.1) is 29.1 Å². The fraction of sp³-hybridized carbons (Fsp3) is 0.786. The Hall–Kier alpha value is -1.77. The Kier molecular flexibility index (Phi) is 5.81. The predicted octanol–water partition coefficient (Wildman–Crippen LogP) is 1.63. The van der Waals surface area contributed by atoms with Crippen LogP contribution < -0.4 is 0 Å². The molecule has 0 aliphatic carbocycles. The molecule has 112 valence electrons. The van der Waals surface area contributed by atoms with Gasteiger partial charge in [-0.1, -0.05) is 20.8 Å². The number of hydrogen-bond donors (Lipinski definition) is 1. The molecule has 1 aliphatic heterocycles. The number of carboxylic acids is 1. The second kappa shape index (κ2) is 7.13. The number of nitrogens with zero attached hydrogens (tertiary/aromatic N) is 3. The van der Waals surface area contributed by atoms with Gasteiger partial charge in [-0.3, -0.25) is 4.79 Å². The predicted molar refractivity (Wildman–Crippen MR) is 73.9 cm³/mol.